The average molecular weight is 406 g/mol. The molecular weight excluding hydrogens is 376 g/mol. The monoisotopic (exact) mass is 406 g/mol. The van der Waals surface area contributed by atoms with E-state index in [4.69, 9.17) is 14.2 Å². The summed E-state index contributed by atoms with van der Waals surface area (Å²) in [7, 11) is 3.00. The minimum Gasteiger partial charge on any atom is -0.493 e. The van der Waals surface area contributed by atoms with Crippen LogP contribution in [0.2, 0.25) is 0 Å². The Morgan fingerprint density at radius 2 is 1.93 bits per heavy atom. The fraction of sp³-hybridized carbons (Fsp3) is 0.667. The predicted molar refractivity (Wildman–Crippen MR) is 108 cm³/mol. The van der Waals surface area contributed by atoms with Crippen LogP contribution in [0.25, 0.3) is 0 Å². The number of nitrogens with zero attached hydrogens (tertiary/aromatic N) is 2. The van der Waals surface area contributed by atoms with E-state index >= 15 is 0 Å². The topological polar surface area (TPSA) is 91.1 Å². The van der Waals surface area contributed by atoms with Gasteiger partial charge < -0.3 is 19.1 Å². The highest BCUT2D eigenvalue weighted by atomic mass is 16.6. The number of benzene rings is 1. The highest BCUT2D eigenvalue weighted by molar-refractivity contribution is 5.99. The second-order valence-corrected chi connectivity index (χ2v) is 7.90. The van der Waals surface area contributed by atoms with Gasteiger partial charge in [0, 0.05) is 25.8 Å². The number of fused-ring (bicyclic) bond motifs is 1. The second-order valence-electron chi connectivity index (χ2n) is 7.90. The van der Waals surface area contributed by atoms with E-state index < -0.39 is 4.92 Å². The Hall–Kier alpha value is -2.35. The van der Waals surface area contributed by atoms with Crippen LogP contribution in [-0.2, 0) is 4.74 Å². The van der Waals surface area contributed by atoms with Gasteiger partial charge in [-0.3, -0.25) is 14.9 Å². The van der Waals surface area contributed by atoms with E-state index in [1.807, 2.05) is 4.90 Å². The first-order valence-corrected chi connectivity index (χ1v) is 10.3. The van der Waals surface area contributed by atoms with Crippen LogP contribution in [0.15, 0.2) is 12.1 Å². The summed E-state index contributed by atoms with van der Waals surface area (Å²) in [5.41, 5.74) is -0.195. The number of amides is 1. The lowest BCUT2D eigenvalue weighted by atomic mass is 9.72. The normalized spacial score (nSPS) is 24.0. The smallest absolute Gasteiger partial charge is 0.286 e. The zero-order chi connectivity index (χ0) is 21.0. The van der Waals surface area contributed by atoms with Crippen molar-refractivity contribution in [2.75, 3.05) is 34.0 Å². The lowest BCUT2D eigenvalue weighted by Gasteiger charge is -2.47. The van der Waals surface area contributed by atoms with E-state index in [9.17, 15) is 14.9 Å². The van der Waals surface area contributed by atoms with E-state index in [0.717, 1.165) is 25.7 Å². The first kappa shape index (κ1) is 21.4. The van der Waals surface area contributed by atoms with E-state index in [1.54, 1.807) is 7.11 Å². The van der Waals surface area contributed by atoms with E-state index in [-0.39, 0.29) is 35.6 Å². The second kappa shape index (κ2) is 9.43. The molecule has 0 radical (unpaired) electrons. The molecule has 0 N–H and O–H groups in total. The van der Waals surface area contributed by atoms with E-state index in [1.165, 1.54) is 25.7 Å². The van der Waals surface area contributed by atoms with Crippen LogP contribution in [0.4, 0.5) is 5.69 Å². The molecule has 0 aromatic heterocycles. The van der Waals surface area contributed by atoms with Gasteiger partial charge in [-0.25, -0.2) is 0 Å². The zero-order valence-corrected chi connectivity index (χ0v) is 17.4. The van der Waals surface area contributed by atoms with E-state index in [2.05, 4.69) is 6.92 Å². The molecule has 0 spiro atoms. The molecule has 1 aliphatic carbocycles. The highest BCUT2D eigenvalue weighted by Crippen LogP contribution is 2.41. The van der Waals surface area contributed by atoms with Crippen molar-refractivity contribution in [1.29, 1.82) is 0 Å². The van der Waals surface area contributed by atoms with Gasteiger partial charge in [0.15, 0.2) is 11.5 Å². The number of methoxy groups -OCH3 is 2. The Morgan fingerprint density at radius 1 is 1.17 bits per heavy atom. The minimum atomic E-state index is -0.527. The number of rotatable bonds is 7. The first-order chi connectivity index (χ1) is 14.0. The zero-order valence-electron chi connectivity index (χ0n) is 17.4. The summed E-state index contributed by atoms with van der Waals surface area (Å²) in [6.45, 7) is 3.45. The van der Waals surface area contributed by atoms with Crippen molar-refractivity contribution in [2.45, 2.75) is 45.1 Å². The van der Waals surface area contributed by atoms with E-state index in [0.29, 0.717) is 30.7 Å². The maximum atomic E-state index is 13.4. The highest BCUT2D eigenvalue weighted by Gasteiger charge is 2.41. The van der Waals surface area contributed by atoms with Crippen LogP contribution in [0.3, 0.4) is 0 Å². The minimum absolute atomic E-state index is 0.0600. The molecule has 0 bridgehead atoms. The molecule has 1 amide bonds. The molecule has 1 saturated heterocycles. The number of carbonyl (C=O) groups excluding carboxylic acids is 1. The molecular formula is C21H30N2O6. The van der Waals surface area contributed by atoms with Crippen molar-refractivity contribution in [3.63, 3.8) is 0 Å². The number of nitro benzene ring substituents is 1. The molecule has 2 aliphatic rings. The molecule has 29 heavy (non-hydrogen) atoms. The largest absolute Gasteiger partial charge is 0.493 e. The molecule has 1 heterocycles. The predicted octanol–water partition coefficient (Wildman–Crippen LogP) is 3.67. The molecule has 8 nitrogen and oxygen atoms in total. The third-order valence-electron chi connectivity index (χ3n) is 6.25. The Balaban J connectivity index is 1.93. The van der Waals surface area contributed by atoms with Crippen molar-refractivity contribution in [3.8, 4) is 11.5 Å². The van der Waals surface area contributed by atoms with Crippen LogP contribution in [0.5, 0.6) is 11.5 Å². The van der Waals surface area contributed by atoms with Gasteiger partial charge in [0.25, 0.3) is 11.6 Å². The van der Waals surface area contributed by atoms with Gasteiger partial charge in [-0.2, -0.15) is 0 Å². The van der Waals surface area contributed by atoms with Crippen molar-refractivity contribution in [2.24, 2.45) is 11.8 Å². The Labute approximate surface area is 171 Å². The SMILES string of the molecule is COCCOc1cc([N+](=O)[O-])c(C(=O)N2CCC(C)C3CCCCC32)cc1OC. The molecule has 1 aliphatic heterocycles. The van der Waals surface area contributed by atoms with Crippen molar-refractivity contribution >= 4 is 11.6 Å². The van der Waals surface area contributed by atoms with Crippen LogP contribution in [-0.4, -0.2) is 55.8 Å². The molecule has 2 fully saturated rings. The lowest BCUT2D eigenvalue weighted by molar-refractivity contribution is -0.385. The van der Waals surface area contributed by atoms with Gasteiger partial charge in [-0.1, -0.05) is 19.8 Å². The Bertz CT molecular complexity index is 753. The summed E-state index contributed by atoms with van der Waals surface area (Å²) >= 11 is 0. The third-order valence-corrected chi connectivity index (χ3v) is 6.25. The van der Waals surface area contributed by atoms with Gasteiger partial charge in [0.1, 0.15) is 12.2 Å². The number of nitro groups is 1. The summed E-state index contributed by atoms with van der Waals surface area (Å²) in [6.07, 6.45) is 5.29. The number of piperidine rings is 1. The van der Waals surface area contributed by atoms with Crippen LogP contribution < -0.4 is 9.47 Å². The molecule has 1 aromatic rings. The average Bonchev–Trinajstić information content (AvgIpc) is 2.73. The fourth-order valence-corrected chi connectivity index (χ4v) is 4.70. The number of carbonyl (C=O) groups is 1. The Kier molecular flexibility index (Phi) is 6.95. The fourth-order valence-electron chi connectivity index (χ4n) is 4.70. The van der Waals surface area contributed by atoms with Crippen LogP contribution in [0, 0.1) is 22.0 Å². The van der Waals surface area contributed by atoms with Crippen LogP contribution in [0.1, 0.15) is 49.4 Å². The molecule has 1 aromatic carbocycles. The summed E-state index contributed by atoms with van der Waals surface area (Å²) in [4.78, 5) is 26.5. The van der Waals surface area contributed by atoms with Gasteiger partial charge in [-0.05, 0) is 31.1 Å². The molecule has 8 heteroatoms. The third kappa shape index (κ3) is 4.47. The maximum Gasteiger partial charge on any atom is 0.286 e. The quantitative estimate of drug-likeness (QED) is 0.390. The van der Waals surface area contributed by atoms with Gasteiger partial charge >= 0.3 is 0 Å². The lowest BCUT2D eigenvalue weighted by Crippen LogP contribution is -2.52. The number of ether oxygens (including phenoxy) is 3. The number of hydrogen-bond donors (Lipinski definition) is 0. The van der Waals surface area contributed by atoms with Crippen molar-refractivity contribution < 1.29 is 23.9 Å². The van der Waals surface area contributed by atoms with Gasteiger partial charge in [0.05, 0.1) is 24.7 Å². The van der Waals surface area contributed by atoms with Crippen molar-refractivity contribution in [1.82, 2.24) is 4.90 Å². The summed E-state index contributed by atoms with van der Waals surface area (Å²) in [5.74, 6) is 1.29. The van der Waals surface area contributed by atoms with Gasteiger partial charge in [0.2, 0.25) is 0 Å². The molecule has 3 rings (SSSR count). The first-order valence-electron chi connectivity index (χ1n) is 10.3. The number of hydrogen-bond acceptors (Lipinski definition) is 6. The maximum absolute atomic E-state index is 13.4. The summed E-state index contributed by atoms with van der Waals surface area (Å²) in [6, 6.07) is 2.88. The molecule has 3 atom stereocenters. The molecule has 1 saturated carbocycles. The Morgan fingerprint density at radius 3 is 2.62 bits per heavy atom. The molecule has 160 valence electrons. The number of likely N-dealkylation sites (tertiary alicyclic amines) is 1. The summed E-state index contributed by atoms with van der Waals surface area (Å²) < 4.78 is 15.9. The van der Waals surface area contributed by atoms with Crippen LogP contribution >= 0.6 is 0 Å². The van der Waals surface area contributed by atoms with Gasteiger partial charge in [-0.15, -0.1) is 0 Å². The standard InChI is InChI=1S/C21H30N2O6/c1-14-8-9-22(17-7-5-4-6-15(14)17)21(24)16-12-19(28-3)20(29-11-10-27-2)13-18(16)23(25)26/h12-15,17H,4-11H2,1-3H3. The van der Waals surface area contributed by atoms with Crippen molar-refractivity contribution in [3.05, 3.63) is 27.8 Å². The molecule has 3 unspecified atom stereocenters. The summed E-state index contributed by atoms with van der Waals surface area (Å²) in [5, 5.41) is 11.7.